The van der Waals surface area contributed by atoms with Crippen molar-refractivity contribution in [3.63, 3.8) is 0 Å². The van der Waals surface area contributed by atoms with Gasteiger partial charge < -0.3 is 10.8 Å². The largest absolute Gasteiger partial charge is 0.381 e. The number of hydrogen-bond donors (Lipinski definition) is 2. The summed E-state index contributed by atoms with van der Waals surface area (Å²) in [5, 5.41) is 9.64. The van der Waals surface area contributed by atoms with Gasteiger partial charge in [-0.2, -0.15) is 0 Å². The molecule has 108 valence electrons. The summed E-state index contributed by atoms with van der Waals surface area (Å²) in [6.45, 7) is 3.75. The Labute approximate surface area is 112 Å². The summed E-state index contributed by atoms with van der Waals surface area (Å²) < 4.78 is 0. The predicted molar refractivity (Wildman–Crippen MR) is 76.5 cm³/mol. The molecule has 3 nitrogen and oxygen atoms in total. The lowest BCUT2D eigenvalue weighted by Gasteiger charge is -2.18. The van der Waals surface area contributed by atoms with Crippen LogP contribution in [0.4, 0.5) is 0 Å². The van der Waals surface area contributed by atoms with Crippen molar-refractivity contribution in [3.8, 4) is 0 Å². The van der Waals surface area contributed by atoms with Crippen LogP contribution in [0.1, 0.15) is 78.1 Å². The molecule has 0 aromatic carbocycles. The summed E-state index contributed by atoms with van der Waals surface area (Å²) in [4.78, 5) is 11.6. The molecule has 0 saturated carbocycles. The lowest BCUT2D eigenvalue weighted by molar-refractivity contribution is -0.134. The number of nitrogens with two attached hydrogens (primary N) is 1. The number of unbranched alkanes of at least 4 members (excludes halogenated alkanes) is 8. The summed E-state index contributed by atoms with van der Waals surface area (Å²) in [6.07, 6.45) is 11.5. The molecule has 0 aliphatic carbocycles. The predicted octanol–water partition coefficient (Wildman–Crippen LogP) is 3.19. The Kier molecular flexibility index (Phi) is 10.3. The second kappa shape index (κ2) is 10.5. The minimum absolute atomic E-state index is 0.0171. The number of carbonyl (C=O) groups is 1. The van der Waals surface area contributed by atoms with Crippen LogP contribution in [-0.2, 0) is 4.79 Å². The van der Waals surface area contributed by atoms with Crippen LogP contribution in [0.2, 0.25) is 0 Å². The number of rotatable bonds is 12. The van der Waals surface area contributed by atoms with Crippen molar-refractivity contribution in [3.05, 3.63) is 0 Å². The topological polar surface area (TPSA) is 63.3 Å². The van der Waals surface area contributed by atoms with Crippen LogP contribution in [0.25, 0.3) is 0 Å². The van der Waals surface area contributed by atoms with Crippen LogP contribution in [-0.4, -0.2) is 23.0 Å². The number of ketones is 1. The van der Waals surface area contributed by atoms with Crippen LogP contribution in [0, 0.1) is 0 Å². The van der Waals surface area contributed by atoms with Gasteiger partial charge in [-0.15, -0.1) is 0 Å². The van der Waals surface area contributed by atoms with Crippen molar-refractivity contribution in [1.29, 1.82) is 0 Å². The van der Waals surface area contributed by atoms with E-state index >= 15 is 0 Å². The highest BCUT2D eigenvalue weighted by molar-refractivity contribution is 5.86. The third kappa shape index (κ3) is 8.65. The van der Waals surface area contributed by atoms with Crippen LogP contribution in [0.5, 0.6) is 0 Å². The SMILES string of the molecule is CCCCCCCCCCCC(=O)C(C)(O)CN. The first kappa shape index (κ1) is 17.6. The van der Waals surface area contributed by atoms with Crippen molar-refractivity contribution < 1.29 is 9.90 Å². The molecule has 18 heavy (non-hydrogen) atoms. The zero-order valence-corrected chi connectivity index (χ0v) is 12.2. The molecule has 0 amide bonds. The summed E-state index contributed by atoms with van der Waals surface area (Å²) in [7, 11) is 0. The maximum atomic E-state index is 11.6. The Morgan fingerprint density at radius 2 is 1.44 bits per heavy atom. The zero-order chi connectivity index (χ0) is 13.9. The summed E-state index contributed by atoms with van der Waals surface area (Å²) in [6, 6.07) is 0. The molecule has 0 aromatic heterocycles. The molecule has 3 heteroatoms. The number of aliphatic hydroxyl groups is 1. The van der Waals surface area contributed by atoms with Gasteiger partial charge in [0.05, 0.1) is 0 Å². The second-order valence-electron chi connectivity index (χ2n) is 5.48. The van der Waals surface area contributed by atoms with Gasteiger partial charge in [-0.05, 0) is 13.3 Å². The Bertz CT molecular complexity index is 215. The van der Waals surface area contributed by atoms with E-state index in [-0.39, 0.29) is 12.3 Å². The highest BCUT2D eigenvalue weighted by atomic mass is 16.3. The number of carbonyl (C=O) groups excluding carboxylic acids is 1. The molecule has 0 saturated heterocycles. The van der Waals surface area contributed by atoms with Crippen LogP contribution >= 0.6 is 0 Å². The molecular formula is C15H31NO2. The van der Waals surface area contributed by atoms with Crippen molar-refractivity contribution in [2.24, 2.45) is 5.73 Å². The van der Waals surface area contributed by atoms with Gasteiger partial charge in [0.2, 0.25) is 0 Å². The van der Waals surface area contributed by atoms with Crippen LogP contribution in [0.3, 0.4) is 0 Å². The lowest BCUT2D eigenvalue weighted by Crippen LogP contribution is -2.42. The molecule has 0 spiro atoms. The maximum Gasteiger partial charge on any atom is 0.165 e. The van der Waals surface area contributed by atoms with Crippen molar-refractivity contribution in [2.75, 3.05) is 6.54 Å². The van der Waals surface area contributed by atoms with Gasteiger partial charge in [0.25, 0.3) is 0 Å². The van der Waals surface area contributed by atoms with Crippen molar-refractivity contribution in [1.82, 2.24) is 0 Å². The molecule has 3 N–H and O–H groups in total. The first-order valence-electron chi connectivity index (χ1n) is 7.50. The molecule has 0 aliphatic rings. The van der Waals surface area contributed by atoms with E-state index in [0.29, 0.717) is 6.42 Å². The highest BCUT2D eigenvalue weighted by Gasteiger charge is 2.26. The van der Waals surface area contributed by atoms with E-state index in [4.69, 9.17) is 5.73 Å². The summed E-state index contributed by atoms with van der Waals surface area (Å²) >= 11 is 0. The quantitative estimate of drug-likeness (QED) is 0.528. The molecular weight excluding hydrogens is 226 g/mol. The molecule has 1 unspecified atom stereocenters. The van der Waals surface area contributed by atoms with E-state index in [0.717, 1.165) is 12.8 Å². The third-order valence-corrected chi connectivity index (χ3v) is 3.51. The summed E-state index contributed by atoms with van der Waals surface area (Å²) in [5.74, 6) is -0.118. The van der Waals surface area contributed by atoms with Gasteiger partial charge in [0, 0.05) is 13.0 Å². The summed E-state index contributed by atoms with van der Waals surface area (Å²) in [5.41, 5.74) is 4.03. The second-order valence-corrected chi connectivity index (χ2v) is 5.48. The van der Waals surface area contributed by atoms with Crippen LogP contribution < -0.4 is 5.73 Å². The van der Waals surface area contributed by atoms with Gasteiger partial charge in [-0.1, -0.05) is 58.3 Å². The van der Waals surface area contributed by atoms with E-state index in [1.54, 1.807) is 0 Å². The smallest absolute Gasteiger partial charge is 0.165 e. The van der Waals surface area contributed by atoms with Crippen LogP contribution in [0.15, 0.2) is 0 Å². The normalized spacial score (nSPS) is 14.4. The molecule has 0 fully saturated rings. The minimum Gasteiger partial charge on any atom is -0.381 e. The van der Waals surface area contributed by atoms with Crippen molar-refractivity contribution >= 4 is 5.78 Å². The van der Waals surface area contributed by atoms with Gasteiger partial charge in [0.15, 0.2) is 5.78 Å². The Morgan fingerprint density at radius 3 is 1.89 bits per heavy atom. The van der Waals surface area contributed by atoms with Gasteiger partial charge in [-0.3, -0.25) is 4.79 Å². The lowest BCUT2D eigenvalue weighted by atomic mass is 9.96. The minimum atomic E-state index is -1.32. The van der Waals surface area contributed by atoms with Gasteiger partial charge >= 0.3 is 0 Å². The fourth-order valence-electron chi connectivity index (χ4n) is 1.98. The molecule has 0 radical (unpaired) electrons. The third-order valence-electron chi connectivity index (χ3n) is 3.51. The van der Waals surface area contributed by atoms with Gasteiger partial charge in [0.1, 0.15) is 5.60 Å². The molecule has 0 aliphatic heterocycles. The fraction of sp³-hybridized carbons (Fsp3) is 0.933. The molecule has 1 atom stereocenters. The maximum absolute atomic E-state index is 11.6. The number of Topliss-reactive ketones (excluding diaryl/α,β-unsaturated/α-hetero) is 1. The molecule has 0 aromatic rings. The monoisotopic (exact) mass is 257 g/mol. The highest BCUT2D eigenvalue weighted by Crippen LogP contribution is 2.13. The van der Waals surface area contributed by atoms with E-state index in [9.17, 15) is 9.90 Å². The molecule has 0 bridgehead atoms. The van der Waals surface area contributed by atoms with E-state index in [1.165, 1.54) is 51.9 Å². The first-order valence-corrected chi connectivity index (χ1v) is 7.50. The molecule has 0 heterocycles. The van der Waals surface area contributed by atoms with E-state index < -0.39 is 5.60 Å². The fourth-order valence-corrected chi connectivity index (χ4v) is 1.98. The Hall–Kier alpha value is -0.410. The average Bonchev–Trinajstić information content (AvgIpc) is 2.36. The standard InChI is InChI=1S/C15H31NO2/c1-3-4-5-6-7-8-9-10-11-12-14(17)15(2,18)13-16/h18H,3-13,16H2,1-2H3. The molecule has 0 rings (SSSR count). The van der Waals surface area contributed by atoms with E-state index in [1.807, 2.05) is 0 Å². The Morgan fingerprint density at radius 1 is 1.00 bits per heavy atom. The Balaban J connectivity index is 3.33. The van der Waals surface area contributed by atoms with Gasteiger partial charge in [-0.25, -0.2) is 0 Å². The number of hydrogen-bond acceptors (Lipinski definition) is 3. The first-order chi connectivity index (χ1) is 8.54. The zero-order valence-electron chi connectivity index (χ0n) is 12.2. The van der Waals surface area contributed by atoms with Crippen molar-refractivity contribution in [2.45, 2.75) is 83.7 Å². The average molecular weight is 257 g/mol. The van der Waals surface area contributed by atoms with E-state index in [2.05, 4.69) is 6.92 Å².